The van der Waals surface area contributed by atoms with Gasteiger partial charge in [0.1, 0.15) is 5.75 Å². The molecule has 35 heavy (non-hydrogen) atoms. The molecule has 8 nitrogen and oxygen atoms in total. The summed E-state index contributed by atoms with van der Waals surface area (Å²) in [7, 11) is 1.58. The van der Waals surface area contributed by atoms with E-state index in [1.54, 1.807) is 43.4 Å². The van der Waals surface area contributed by atoms with Crippen LogP contribution in [0.4, 0.5) is 0 Å². The van der Waals surface area contributed by atoms with Crippen molar-refractivity contribution in [2.24, 2.45) is 7.05 Å². The number of carbonyl (C=O) groups is 1. The lowest BCUT2D eigenvalue weighted by Gasteiger charge is -2.16. The number of carbonyl (C=O) groups excluding carboxylic acids is 1. The number of aryl methyl sites for hydroxylation is 1. The molecule has 2 heterocycles. The number of rotatable bonds is 9. The average Bonchev–Trinajstić information content (AvgIpc) is 2.84. The summed E-state index contributed by atoms with van der Waals surface area (Å²) >= 11 is 12.2. The van der Waals surface area contributed by atoms with Crippen molar-refractivity contribution in [3.05, 3.63) is 96.7 Å². The SMILES string of the molecule is Cn1c(=O)n(CCCOC=O)c(=O)c2c(Cc3ccc(Cl)cc3)c(Oc3cccc(Cl)c3)ncc21. The Hall–Kier alpha value is -3.62. The molecule has 2 aromatic heterocycles. The highest BCUT2D eigenvalue weighted by Crippen LogP contribution is 2.30. The molecule has 0 saturated heterocycles. The van der Waals surface area contributed by atoms with Crippen LogP contribution in [0, 0.1) is 0 Å². The molecule has 0 aliphatic carbocycles. The molecule has 0 atom stereocenters. The molecular weight excluding hydrogens is 493 g/mol. The molecular formula is C25H21Cl2N3O5. The first-order chi connectivity index (χ1) is 16.9. The third-order valence-electron chi connectivity index (χ3n) is 5.48. The first-order valence-electron chi connectivity index (χ1n) is 10.7. The molecule has 0 N–H and O–H groups in total. The van der Waals surface area contributed by atoms with Gasteiger partial charge in [-0.15, -0.1) is 0 Å². The summed E-state index contributed by atoms with van der Waals surface area (Å²) in [6.07, 6.45) is 2.06. The number of nitrogens with zero attached hydrogens (tertiary/aromatic N) is 3. The van der Waals surface area contributed by atoms with Gasteiger partial charge in [0, 0.05) is 35.6 Å². The molecule has 0 amide bonds. The van der Waals surface area contributed by atoms with Gasteiger partial charge in [0.15, 0.2) is 0 Å². The zero-order chi connectivity index (χ0) is 24.9. The summed E-state index contributed by atoms with van der Waals surface area (Å²) in [5.41, 5.74) is 0.804. The second-order valence-corrected chi connectivity index (χ2v) is 8.66. The second-order valence-electron chi connectivity index (χ2n) is 7.78. The number of pyridine rings is 1. The van der Waals surface area contributed by atoms with Crippen molar-refractivity contribution >= 4 is 40.6 Å². The summed E-state index contributed by atoms with van der Waals surface area (Å²) in [5, 5.41) is 1.39. The maximum Gasteiger partial charge on any atom is 0.331 e. The van der Waals surface area contributed by atoms with E-state index < -0.39 is 11.2 Å². The predicted octanol–water partition coefficient (Wildman–Crippen LogP) is 4.35. The zero-order valence-corrected chi connectivity index (χ0v) is 20.3. The number of fused-ring (bicyclic) bond motifs is 1. The van der Waals surface area contributed by atoms with Crippen LogP contribution in [0.25, 0.3) is 10.9 Å². The molecule has 180 valence electrons. The van der Waals surface area contributed by atoms with Crippen molar-refractivity contribution in [2.75, 3.05) is 6.61 Å². The molecule has 0 radical (unpaired) electrons. The van der Waals surface area contributed by atoms with Gasteiger partial charge in [0.25, 0.3) is 12.0 Å². The maximum absolute atomic E-state index is 13.6. The van der Waals surface area contributed by atoms with E-state index in [0.29, 0.717) is 51.6 Å². The van der Waals surface area contributed by atoms with Crippen molar-refractivity contribution in [3.63, 3.8) is 0 Å². The molecule has 0 spiro atoms. The average molecular weight is 514 g/mol. The molecule has 0 bridgehead atoms. The van der Waals surface area contributed by atoms with Crippen molar-refractivity contribution in [3.8, 4) is 11.6 Å². The summed E-state index contributed by atoms with van der Waals surface area (Å²) in [6.45, 7) is 0.507. The molecule has 4 aromatic rings. The van der Waals surface area contributed by atoms with Crippen molar-refractivity contribution in [1.82, 2.24) is 14.1 Å². The van der Waals surface area contributed by atoms with E-state index in [1.807, 2.05) is 12.1 Å². The minimum absolute atomic E-state index is 0.0858. The molecule has 4 rings (SSSR count). The Morgan fingerprint density at radius 1 is 1.06 bits per heavy atom. The first kappa shape index (κ1) is 24.5. The highest BCUT2D eigenvalue weighted by atomic mass is 35.5. The van der Waals surface area contributed by atoms with Crippen molar-refractivity contribution < 1.29 is 14.3 Å². The largest absolute Gasteiger partial charge is 0.468 e. The first-order valence-corrected chi connectivity index (χ1v) is 11.5. The van der Waals surface area contributed by atoms with Crippen LogP contribution >= 0.6 is 23.2 Å². The van der Waals surface area contributed by atoms with E-state index in [9.17, 15) is 14.4 Å². The van der Waals surface area contributed by atoms with Crippen LogP contribution < -0.4 is 16.0 Å². The van der Waals surface area contributed by atoms with E-state index in [4.69, 9.17) is 32.7 Å². The van der Waals surface area contributed by atoms with E-state index >= 15 is 0 Å². The van der Waals surface area contributed by atoms with Crippen molar-refractivity contribution in [2.45, 2.75) is 19.4 Å². The zero-order valence-electron chi connectivity index (χ0n) is 18.7. The molecule has 2 aromatic carbocycles. The smallest absolute Gasteiger partial charge is 0.331 e. The Kier molecular flexibility index (Phi) is 7.53. The van der Waals surface area contributed by atoms with Crippen LogP contribution in [0.1, 0.15) is 17.5 Å². The van der Waals surface area contributed by atoms with Gasteiger partial charge in [-0.05, 0) is 42.3 Å². The van der Waals surface area contributed by atoms with Crippen LogP contribution in [-0.2, 0) is 29.5 Å². The third-order valence-corrected chi connectivity index (χ3v) is 5.96. The van der Waals surface area contributed by atoms with Crippen LogP contribution in [0.15, 0.2) is 64.3 Å². The Bertz CT molecular complexity index is 1500. The van der Waals surface area contributed by atoms with Gasteiger partial charge in [-0.1, -0.05) is 41.4 Å². The Morgan fingerprint density at radius 3 is 2.54 bits per heavy atom. The van der Waals surface area contributed by atoms with Crippen molar-refractivity contribution in [1.29, 1.82) is 0 Å². The molecule has 0 fully saturated rings. The number of halogens is 2. The van der Waals surface area contributed by atoms with Gasteiger partial charge in [0.2, 0.25) is 5.88 Å². The standard InChI is InChI=1S/C25H21Cl2N3O5/c1-29-21-14-28-23(35-19-5-2-4-18(27)13-19)20(12-16-6-8-17(26)9-7-16)22(21)24(32)30(25(29)33)10-3-11-34-15-31/h2,4-9,13-15H,3,10-12H2,1H3. The van der Waals surface area contributed by atoms with E-state index in [-0.39, 0.29) is 19.0 Å². The van der Waals surface area contributed by atoms with E-state index in [1.165, 1.54) is 10.8 Å². The summed E-state index contributed by atoms with van der Waals surface area (Å²) in [4.78, 5) is 41.4. The van der Waals surface area contributed by atoms with Gasteiger partial charge in [-0.2, -0.15) is 0 Å². The van der Waals surface area contributed by atoms with Gasteiger partial charge < -0.3 is 9.47 Å². The molecule has 10 heteroatoms. The Morgan fingerprint density at radius 2 is 1.83 bits per heavy atom. The number of benzene rings is 2. The number of aromatic nitrogens is 3. The van der Waals surface area contributed by atoms with E-state index in [2.05, 4.69) is 4.98 Å². The van der Waals surface area contributed by atoms with Gasteiger partial charge >= 0.3 is 5.69 Å². The number of ether oxygens (including phenoxy) is 2. The number of hydrogen-bond acceptors (Lipinski definition) is 6. The van der Waals surface area contributed by atoms with Crippen LogP contribution in [0.3, 0.4) is 0 Å². The molecule has 0 saturated carbocycles. The van der Waals surface area contributed by atoms with Gasteiger partial charge in [-0.25, -0.2) is 9.78 Å². The molecule has 0 aliphatic rings. The monoisotopic (exact) mass is 513 g/mol. The summed E-state index contributed by atoms with van der Waals surface area (Å²) in [6, 6.07) is 14.1. The predicted molar refractivity (Wildman–Crippen MR) is 134 cm³/mol. The third kappa shape index (κ3) is 5.39. The fourth-order valence-electron chi connectivity index (χ4n) is 3.77. The maximum atomic E-state index is 13.6. The van der Waals surface area contributed by atoms with Gasteiger partial charge in [-0.3, -0.25) is 18.7 Å². The molecule has 0 aliphatic heterocycles. The fourth-order valence-corrected chi connectivity index (χ4v) is 4.08. The Labute approximate surface area is 210 Å². The normalized spacial score (nSPS) is 10.9. The Balaban J connectivity index is 1.91. The highest BCUT2D eigenvalue weighted by Gasteiger charge is 2.20. The summed E-state index contributed by atoms with van der Waals surface area (Å²) < 4.78 is 13.3. The lowest BCUT2D eigenvalue weighted by atomic mass is 10.0. The second kappa shape index (κ2) is 10.8. The van der Waals surface area contributed by atoms with E-state index in [0.717, 1.165) is 10.1 Å². The van der Waals surface area contributed by atoms with Gasteiger partial charge in [0.05, 0.1) is 23.7 Å². The quantitative estimate of drug-likeness (QED) is 0.244. The molecule has 0 unspecified atom stereocenters. The topological polar surface area (TPSA) is 92.4 Å². The number of hydrogen-bond donors (Lipinski definition) is 0. The minimum atomic E-state index is -0.489. The minimum Gasteiger partial charge on any atom is -0.468 e. The van der Waals surface area contributed by atoms with Crippen LogP contribution in [0.2, 0.25) is 10.0 Å². The lowest BCUT2D eigenvalue weighted by molar-refractivity contribution is -0.128. The lowest BCUT2D eigenvalue weighted by Crippen LogP contribution is -2.39. The van der Waals surface area contributed by atoms with Crippen LogP contribution in [-0.4, -0.2) is 27.2 Å². The van der Waals surface area contributed by atoms with Crippen LogP contribution in [0.5, 0.6) is 11.6 Å². The fraction of sp³-hybridized carbons (Fsp3) is 0.200. The highest BCUT2D eigenvalue weighted by molar-refractivity contribution is 6.30. The summed E-state index contributed by atoms with van der Waals surface area (Å²) in [5.74, 6) is 0.680.